The molecule has 0 aliphatic rings. The third-order valence-corrected chi connectivity index (χ3v) is 1.01. The lowest BCUT2D eigenvalue weighted by molar-refractivity contribution is -0.756. The van der Waals surface area contributed by atoms with Crippen LogP contribution in [-0.2, 0) is 9.68 Å². The van der Waals surface area contributed by atoms with Crippen molar-refractivity contribution in [3.63, 3.8) is 0 Å². The van der Waals surface area contributed by atoms with Gasteiger partial charge in [-0.3, -0.25) is 0 Å². The number of hydrogen-bond donors (Lipinski definition) is 0. The van der Waals surface area contributed by atoms with Crippen LogP contribution in [0, 0.1) is 20.2 Å². The van der Waals surface area contributed by atoms with E-state index in [1.807, 2.05) is 0 Å². The van der Waals surface area contributed by atoms with Gasteiger partial charge in [-0.25, -0.2) is 0 Å². The van der Waals surface area contributed by atoms with Crippen LogP contribution < -0.4 is 0 Å². The van der Waals surface area contributed by atoms with Gasteiger partial charge in [0.25, 0.3) is 10.2 Å². The van der Waals surface area contributed by atoms with E-state index in [1.54, 1.807) is 0 Å². The molecule has 0 amide bonds. The zero-order valence-corrected chi connectivity index (χ0v) is 6.84. The Morgan fingerprint density at radius 3 is 2.31 bits per heavy atom. The molecule has 13 heavy (non-hydrogen) atoms. The van der Waals surface area contributed by atoms with E-state index in [0.29, 0.717) is 5.57 Å². The van der Waals surface area contributed by atoms with Crippen LogP contribution in [0.5, 0.6) is 0 Å². The second-order valence-corrected chi connectivity index (χ2v) is 2.07. The molecule has 0 aliphatic carbocycles. The van der Waals surface area contributed by atoms with Gasteiger partial charge in [0.1, 0.15) is 13.2 Å². The average molecular weight is 192 g/mol. The smallest absolute Gasteiger partial charge is 0.294 e. The summed E-state index contributed by atoms with van der Waals surface area (Å²) < 4.78 is 0. The molecule has 0 unspecified atom stereocenters. The van der Waals surface area contributed by atoms with Crippen molar-refractivity contribution in [3.8, 4) is 0 Å². The summed E-state index contributed by atoms with van der Waals surface area (Å²) in [6, 6.07) is 0. The molecule has 0 saturated heterocycles. The zero-order valence-electron chi connectivity index (χ0n) is 6.84. The van der Waals surface area contributed by atoms with Crippen LogP contribution in [0.1, 0.15) is 6.92 Å². The van der Waals surface area contributed by atoms with Crippen LogP contribution in [0.25, 0.3) is 0 Å². The van der Waals surface area contributed by atoms with Gasteiger partial charge in [-0.2, -0.15) is 0 Å². The minimum Gasteiger partial charge on any atom is -0.310 e. The van der Waals surface area contributed by atoms with Crippen molar-refractivity contribution in [1.82, 2.24) is 0 Å². The van der Waals surface area contributed by atoms with Gasteiger partial charge in [-0.05, 0) is 12.5 Å². The van der Waals surface area contributed by atoms with Crippen molar-refractivity contribution in [1.29, 1.82) is 0 Å². The Kier molecular flexibility index (Phi) is 4.93. The van der Waals surface area contributed by atoms with E-state index in [9.17, 15) is 20.2 Å². The molecule has 0 bridgehead atoms. The highest BCUT2D eigenvalue weighted by Crippen LogP contribution is 1.93. The summed E-state index contributed by atoms with van der Waals surface area (Å²) in [6.07, 6.45) is 1.33. The highest BCUT2D eigenvalue weighted by atomic mass is 17.0. The highest BCUT2D eigenvalue weighted by molar-refractivity contribution is 4.97. The molecule has 0 spiro atoms. The van der Waals surface area contributed by atoms with Gasteiger partial charge in [-0.15, -0.1) is 20.2 Å². The van der Waals surface area contributed by atoms with E-state index in [-0.39, 0.29) is 13.2 Å². The topological polar surface area (TPSA) is 105 Å². The molecule has 0 radical (unpaired) electrons. The maximum atomic E-state index is 9.70. The molecular formula is C5H8N2O6. The Hall–Kier alpha value is -1.86. The fourth-order valence-electron chi connectivity index (χ4n) is 0.454. The second-order valence-electron chi connectivity index (χ2n) is 2.07. The Morgan fingerprint density at radius 1 is 1.31 bits per heavy atom. The van der Waals surface area contributed by atoms with E-state index in [0.717, 1.165) is 0 Å². The summed E-state index contributed by atoms with van der Waals surface area (Å²) in [5.74, 6) is 0. The van der Waals surface area contributed by atoms with Crippen LogP contribution in [0.2, 0.25) is 0 Å². The lowest BCUT2D eigenvalue weighted by atomic mass is 10.3. The van der Waals surface area contributed by atoms with E-state index < -0.39 is 10.2 Å². The summed E-state index contributed by atoms with van der Waals surface area (Å²) in [7, 11) is 0. The first-order valence-corrected chi connectivity index (χ1v) is 3.22. The second kappa shape index (κ2) is 5.75. The lowest BCUT2D eigenvalue weighted by Crippen LogP contribution is -2.05. The maximum Gasteiger partial charge on any atom is 0.294 e. The van der Waals surface area contributed by atoms with Gasteiger partial charge in [0.05, 0.1) is 0 Å². The minimum absolute atomic E-state index is 0.214. The van der Waals surface area contributed by atoms with Gasteiger partial charge in [0.15, 0.2) is 0 Å². The van der Waals surface area contributed by atoms with Gasteiger partial charge >= 0.3 is 0 Å². The van der Waals surface area contributed by atoms with Crippen molar-refractivity contribution < 1.29 is 19.8 Å². The Labute approximate surface area is 73.0 Å². The quantitative estimate of drug-likeness (QED) is 0.341. The molecule has 0 N–H and O–H groups in total. The summed E-state index contributed by atoms with van der Waals surface area (Å²) in [5, 5.41) is 17.5. The molecule has 0 aromatic heterocycles. The molecular weight excluding hydrogens is 184 g/mol. The van der Waals surface area contributed by atoms with E-state index in [2.05, 4.69) is 9.68 Å². The van der Waals surface area contributed by atoms with Crippen molar-refractivity contribution in [3.05, 3.63) is 31.9 Å². The zero-order chi connectivity index (χ0) is 10.3. The van der Waals surface area contributed by atoms with Crippen LogP contribution in [0.3, 0.4) is 0 Å². The maximum absolute atomic E-state index is 9.70. The standard InChI is InChI=1S/C5H8N2O6/c1-5(4-13-7(10)11)2-3-12-6(8)9/h2H,3-4H2,1H3/b5-2+. The van der Waals surface area contributed by atoms with Crippen molar-refractivity contribution in [2.45, 2.75) is 6.92 Å². The van der Waals surface area contributed by atoms with E-state index in [1.165, 1.54) is 13.0 Å². The molecule has 0 rings (SSSR count). The summed E-state index contributed by atoms with van der Waals surface area (Å²) in [4.78, 5) is 27.3. The fraction of sp³-hybridized carbons (Fsp3) is 0.600. The van der Waals surface area contributed by atoms with E-state index in [4.69, 9.17) is 0 Å². The molecule has 0 heterocycles. The Bertz CT molecular complexity index is 225. The third-order valence-electron chi connectivity index (χ3n) is 1.01. The molecule has 8 heteroatoms. The molecule has 74 valence electrons. The van der Waals surface area contributed by atoms with Crippen molar-refractivity contribution in [2.24, 2.45) is 0 Å². The van der Waals surface area contributed by atoms with Crippen LogP contribution in [0.15, 0.2) is 11.6 Å². The fourth-order valence-corrected chi connectivity index (χ4v) is 0.454. The Morgan fingerprint density at radius 2 is 1.85 bits per heavy atom. The minimum atomic E-state index is -0.946. The number of rotatable bonds is 6. The summed E-state index contributed by atoms with van der Waals surface area (Å²) in [6.45, 7) is 1.08. The molecule has 0 fully saturated rings. The molecule has 0 atom stereocenters. The molecule has 0 saturated carbocycles. The van der Waals surface area contributed by atoms with Crippen molar-refractivity contribution >= 4 is 0 Å². The largest absolute Gasteiger partial charge is 0.310 e. The summed E-state index contributed by atoms with van der Waals surface area (Å²) in [5.41, 5.74) is 0.485. The van der Waals surface area contributed by atoms with Crippen LogP contribution in [0.4, 0.5) is 0 Å². The van der Waals surface area contributed by atoms with Gasteiger partial charge < -0.3 is 9.68 Å². The Balaban J connectivity index is 3.63. The molecule has 0 aromatic rings. The first-order chi connectivity index (χ1) is 6.02. The predicted octanol–water partition coefficient (Wildman–Crippen LogP) is 0.349. The van der Waals surface area contributed by atoms with Gasteiger partial charge in [-0.1, -0.05) is 6.08 Å². The average Bonchev–Trinajstić information content (AvgIpc) is 2.00. The first kappa shape index (κ1) is 11.1. The monoisotopic (exact) mass is 192 g/mol. The first-order valence-electron chi connectivity index (χ1n) is 3.22. The van der Waals surface area contributed by atoms with Crippen LogP contribution >= 0.6 is 0 Å². The highest BCUT2D eigenvalue weighted by Gasteiger charge is 1.96. The molecule has 8 nitrogen and oxygen atoms in total. The van der Waals surface area contributed by atoms with Crippen molar-refractivity contribution in [2.75, 3.05) is 13.2 Å². The predicted molar refractivity (Wildman–Crippen MR) is 39.6 cm³/mol. The van der Waals surface area contributed by atoms with Gasteiger partial charge in [0.2, 0.25) is 0 Å². The molecule has 0 aromatic carbocycles. The normalized spacial score (nSPS) is 10.7. The SMILES string of the molecule is C/C(=C\CO[N+](=O)[O-])CO[N+](=O)[O-]. The third kappa shape index (κ3) is 8.04. The van der Waals surface area contributed by atoms with E-state index >= 15 is 0 Å². The number of hydrogen-bond acceptors (Lipinski definition) is 6. The van der Waals surface area contributed by atoms with Gasteiger partial charge in [0, 0.05) is 0 Å². The lowest BCUT2D eigenvalue weighted by Gasteiger charge is -1.98. The number of nitrogens with zero attached hydrogens (tertiary/aromatic N) is 2. The van der Waals surface area contributed by atoms with Crippen LogP contribution in [-0.4, -0.2) is 23.4 Å². The summed E-state index contributed by atoms with van der Waals surface area (Å²) >= 11 is 0. The molecule has 0 aliphatic heterocycles.